The summed E-state index contributed by atoms with van der Waals surface area (Å²) in [6.07, 6.45) is 1.13. The zero-order valence-corrected chi connectivity index (χ0v) is 20.0. The predicted octanol–water partition coefficient (Wildman–Crippen LogP) is 4.35. The Bertz CT molecular complexity index is 1400. The SMILES string of the molecule is CC(=O)c1cc(F)c2c(c1)C(=O)N(C(OC1CC(O)C1)(c1ccc(Cl)cc1)c1ccc(C#N)cn1)C2. The molecule has 0 radical (unpaired) electrons. The maximum absolute atomic E-state index is 15.1. The summed E-state index contributed by atoms with van der Waals surface area (Å²) in [7, 11) is 0. The number of carbonyl (C=O) groups is 2. The maximum Gasteiger partial charge on any atom is 0.257 e. The van der Waals surface area contributed by atoms with E-state index in [1.807, 2.05) is 6.07 Å². The van der Waals surface area contributed by atoms with Gasteiger partial charge in [0.15, 0.2) is 5.78 Å². The molecule has 1 fully saturated rings. The van der Waals surface area contributed by atoms with Crippen molar-refractivity contribution < 1.29 is 23.8 Å². The minimum atomic E-state index is -1.62. The number of hydrogen-bond acceptors (Lipinski definition) is 6. The van der Waals surface area contributed by atoms with Crippen LogP contribution >= 0.6 is 11.6 Å². The summed E-state index contributed by atoms with van der Waals surface area (Å²) >= 11 is 6.15. The second kappa shape index (κ2) is 9.10. The van der Waals surface area contributed by atoms with Crippen molar-refractivity contribution in [1.29, 1.82) is 5.26 Å². The van der Waals surface area contributed by atoms with Crippen LogP contribution in [0, 0.1) is 17.1 Å². The Morgan fingerprint density at radius 3 is 2.56 bits per heavy atom. The van der Waals surface area contributed by atoms with Gasteiger partial charge in [-0.1, -0.05) is 23.7 Å². The highest BCUT2D eigenvalue weighted by Crippen LogP contribution is 2.45. The van der Waals surface area contributed by atoms with Gasteiger partial charge in [0, 0.05) is 33.5 Å². The molecular weight excluding hydrogens is 485 g/mol. The fourth-order valence-corrected chi connectivity index (χ4v) is 4.79. The first-order valence-electron chi connectivity index (χ1n) is 11.4. The summed E-state index contributed by atoms with van der Waals surface area (Å²) in [5.74, 6) is -1.56. The fraction of sp³-hybridized carbons (Fsp3) is 0.259. The number of ether oxygens (including phenoxy) is 1. The van der Waals surface area contributed by atoms with Crippen molar-refractivity contribution in [3.63, 3.8) is 0 Å². The third-order valence-electron chi connectivity index (χ3n) is 6.66. The lowest BCUT2D eigenvalue weighted by molar-refractivity contribution is -0.195. The van der Waals surface area contributed by atoms with Gasteiger partial charge in [0.25, 0.3) is 5.91 Å². The number of nitriles is 1. The van der Waals surface area contributed by atoms with Crippen molar-refractivity contribution in [3.05, 3.63) is 99.1 Å². The molecule has 0 spiro atoms. The molecule has 182 valence electrons. The molecule has 1 aromatic heterocycles. The van der Waals surface area contributed by atoms with Gasteiger partial charge in [0.1, 0.15) is 11.9 Å². The predicted molar refractivity (Wildman–Crippen MR) is 128 cm³/mol. The molecule has 0 saturated heterocycles. The number of hydrogen-bond donors (Lipinski definition) is 1. The van der Waals surface area contributed by atoms with Crippen molar-refractivity contribution in [2.45, 2.75) is 44.2 Å². The number of aliphatic hydroxyl groups is 1. The number of aliphatic hydroxyl groups excluding tert-OH is 1. The smallest absolute Gasteiger partial charge is 0.257 e. The molecule has 1 aliphatic carbocycles. The van der Waals surface area contributed by atoms with Gasteiger partial charge in [-0.3, -0.25) is 19.5 Å². The average molecular weight is 506 g/mol. The van der Waals surface area contributed by atoms with Gasteiger partial charge in [0.05, 0.1) is 30.0 Å². The molecule has 1 aliphatic heterocycles. The van der Waals surface area contributed by atoms with Gasteiger partial charge >= 0.3 is 0 Å². The fourth-order valence-electron chi connectivity index (χ4n) is 4.67. The highest BCUT2D eigenvalue weighted by molar-refractivity contribution is 6.30. The summed E-state index contributed by atoms with van der Waals surface area (Å²) in [5.41, 5.74) is -0.173. The van der Waals surface area contributed by atoms with E-state index in [-0.39, 0.29) is 29.0 Å². The van der Waals surface area contributed by atoms with Crippen molar-refractivity contribution >= 4 is 23.3 Å². The van der Waals surface area contributed by atoms with Gasteiger partial charge < -0.3 is 9.84 Å². The number of rotatable bonds is 6. The first kappa shape index (κ1) is 24.1. The number of halogens is 2. The monoisotopic (exact) mass is 505 g/mol. The number of amides is 1. The number of nitrogens with zero attached hydrogens (tertiary/aromatic N) is 3. The molecule has 1 amide bonds. The van der Waals surface area contributed by atoms with E-state index in [0.717, 1.165) is 6.07 Å². The molecule has 36 heavy (non-hydrogen) atoms. The molecule has 1 saturated carbocycles. The first-order chi connectivity index (χ1) is 17.2. The van der Waals surface area contributed by atoms with Crippen molar-refractivity contribution in [2.75, 3.05) is 0 Å². The molecule has 1 N–H and O–H groups in total. The van der Waals surface area contributed by atoms with E-state index in [1.54, 1.807) is 36.4 Å². The Kier molecular flexibility index (Phi) is 6.08. The number of carbonyl (C=O) groups excluding carboxylic acids is 2. The highest BCUT2D eigenvalue weighted by Gasteiger charge is 2.52. The summed E-state index contributed by atoms with van der Waals surface area (Å²) in [4.78, 5) is 31.7. The topological polar surface area (TPSA) is 104 Å². The molecule has 5 rings (SSSR count). The Balaban J connectivity index is 1.72. The van der Waals surface area contributed by atoms with Gasteiger partial charge in [-0.2, -0.15) is 5.26 Å². The number of Topliss-reactive ketones (excluding diaryl/α,β-unsaturated/α-hetero) is 1. The summed E-state index contributed by atoms with van der Waals surface area (Å²) in [6.45, 7) is 1.17. The van der Waals surface area contributed by atoms with E-state index in [4.69, 9.17) is 16.3 Å². The van der Waals surface area contributed by atoms with Crippen LogP contribution in [-0.4, -0.2) is 38.9 Å². The summed E-state index contributed by atoms with van der Waals surface area (Å²) in [6, 6.07) is 14.4. The van der Waals surface area contributed by atoms with Gasteiger partial charge in [-0.15, -0.1) is 0 Å². The highest BCUT2D eigenvalue weighted by atomic mass is 35.5. The lowest BCUT2D eigenvalue weighted by Crippen LogP contribution is -2.54. The van der Waals surface area contributed by atoms with E-state index in [2.05, 4.69) is 4.98 Å². The van der Waals surface area contributed by atoms with E-state index in [1.165, 1.54) is 24.1 Å². The molecule has 7 nitrogen and oxygen atoms in total. The molecule has 0 bridgehead atoms. The maximum atomic E-state index is 15.1. The lowest BCUT2D eigenvalue weighted by Gasteiger charge is -2.46. The second-order valence-electron chi connectivity index (χ2n) is 8.99. The summed E-state index contributed by atoms with van der Waals surface area (Å²) in [5, 5.41) is 19.7. The third-order valence-corrected chi connectivity index (χ3v) is 6.91. The van der Waals surface area contributed by atoms with Crippen LogP contribution in [0.3, 0.4) is 0 Å². The Hall–Kier alpha value is -3.64. The Labute approximate surface area is 211 Å². The van der Waals surface area contributed by atoms with Crippen LogP contribution in [0.4, 0.5) is 4.39 Å². The van der Waals surface area contributed by atoms with Crippen LogP contribution in [0.1, 0.15) is 62.9 Å². The Morgan fingerprint density at radius 2 is 1.97 bits per heavy atom. The number of ketones is 1. The molecule has 1 atom stereocenters. The number of benzene rings is 2. The van der Waals surface area contributed by atoms with E-state index >= 15 is 4.39 Å². The van der Waals surface area contributed by atoms with Crippen molar-refractivity contribution in [3.8, 4) is 6.07 Å². The van der Waals surface area contributed by atoms with Crippen LogP contribution < -0.4 is 0 Å². The van der Waals surface area contributed by atoms with Crippen molar-refractivity contribution in [2.24, 2.45) is 0 Å². The third kappa shape index (κ3) is 3.95. The number of pyridine rings is 1. The van der Waals surface area contributed by atoms with E-state index in [0.29, 0.717) is 34.7 Å². The largest absolute Gasteiger partial charge is 0.393 e. The van der Waals surface area contributed by atoms with Crippen LogP contribution in [0.25, 0.3) is 0 Å². The number of aromatic nitrogens is 1. The van der Waals surface area contributed by atoms with Crippen LogP contribution in [0.15, 0.2) is 54.7 Å². The van der Waals surface area contributed by atoms with Crippen molar-refractivity contribution in [1.82, 2.24) is 9.88 Å². The zero-order chi connectivity index (χ0) is 25.6. The second-order valence-corrected chi connectivity index (χ2v) is 9.43. The van der Waals surface area contributed by atoms with E-state index in [9.17, 15) is 20.0 Å². The Morgan fingerprint density at radius 1 is 1.25 bits per heavy atom. The standard InChI is InChI=1S/C27H21ClFN3O4/c1-15(33)17-8-22-23(24(29)9-17)14-32(26(22)35)27(36-21-10-20(34)11-21,18-3-5-19(28)6-4-18)25-7-2-16(12-30)13-31-25/h2-9,13,20-21,34H,10-11,14H2,1H3. The molecule has 9 heteroatoms. The van der Waals surface area contributed by atoms with Crippen LogP contribution in [-0.2, 0) is 17.0 Å². The zero-order valence-electron chi connectivity index (χ0n) is 19.2. The van der Waals surface area contributed by atoms with E-state index < -0.39 is 29.7 Å². The average Bonchev–Trinajstić information content (AvgIpc) is 3.19. The summed E-state index contributed by atoms with van der Waals surface area (Å²) < 4.78 is 21.7. The van der Waals surface area contributed by atoms with Gasteiger partial charge in [-0.25, -0.2) is 4.39 Å². The van der Waals surface area contributed by atoms with Crippen LogP contribution in [0.5, 0.6) is 0 Å². The normalized spacial score (nSPS) is 20.3. The molecule has 2 aliphatic rings. The minimum Gasteiger partial charge on any atom is -0.393 e. The lowest BCUT2D eigenvalue weighted by atomic mass is 9.89. The van der Waals surface area contributed by atoms with Crippen LogP contribution in [0.2, 0.25) is 5.02 Å². The quantitative estimate of drug-likeness (QED) is 0.500. The molecule has 2 heterocycles. The minimum absolute atomic E-state index is 0.0735. The molecule has 2 aromatic carbocycles. The molecule has 1 unspecified atom stereocenters. The molecular formula is C27H21ClFN3O4. The number of fused-ring (bicyclic) bond motifs is 1. The van der Waals surface area contributed by atoms with Gasteiger partial charge in [0.2, 0.25) is 5.72 Å². The first-order valence-corrected chi connectivity index (χ1v) is 11.7. The van der Waals surface area contributed by atoms with Gasteiger partial charge in [-0.05, 0) is 56.2 Å². The molecule has 3 aromatic rings.